The molecule has 0 radical (unpaired) electrons. The molecule has 0 bridgehead atoms. The number of hydrogen-bond donors (Lipinski definition) is 8. The number of aromatic nitrogens is 4. The zero-order chi connectivity index (χ0) is 26.7. The first-order chi connectivity index (χ1) is 17.0. The van der Waals surface area contributed by atoms with E-state index in [-0.39, 0.29) is 0 Å². The molecular weight excluding hydrogens is 494 g/mol. The van der Waals surface area contributed by atoms with Gasteiger partial charge < -0.3 is 40.1 Å². The fraction of sp³-hybridized carbons (Fsp3) is 0.556. The van der Waals surface area contributed by atoms with Crippen molar-refractivity contribution in [2.45, 2.75) is 49.1 Å². The Balaban J connectivity index is 0.000000202. The zero-order valence-electron chi connectivity index (χ0n) is 18.1. The minimum absolute atomic E-state index is 0.479. The van der Waals surface area contributed by atoms with Crippen molar-refractivity contribution in [3.05, 3.63) is 65.0 Å². The maximum atomic E-state index is 11.6. The molecule has 2 aromatic heterocycles. The van der Waals surface area contributed by atoms with Crippen LogP contribution >= 0.6 is 0 Å². The third-order valence-electron chi connectivity index (χ3n) is 5.48. The fourth-order valence-electron chi connectivity index (χ4n) is 3.58. The lowest BCUT2D eigenvalue weighted by Gasteiger charge is -2.16. The van der Waals surface area contributed by atoms with Gasteiger partial charge in [-0.1, -0.05) is 0 Å². The predicted molar refractivity (Wildman–Crippen MR) is 114 cm³/mol. The number of aliphatic hydroxyl groups is 6. The molecule has 2 saturated heterocycles. The van der Waals surface area contributed by atoms with Crippen molar-refractivity contribution in [1.82, 2.24) is 19.1 Å². The summed E-state index contributed by atoms with van der Waals surface area (Å²) in [5.74, 6) is 0. The van der Waals surface area contributed by atoms with Gasteiger partial charge in [-0.2, -0.15) is 0 Å². The molecule has 0 aromatic carbocycles. The molecule has 198 valence electrons. The number of nitroso groups, excluding NO2 is 1. The van der Waals surface area contributed by atoms with Gasteiger partial charge in [0, 0.05) is 18.5 Å². The molecule has 2 aliphatic heterocycles. The largest absolute Gasteiger partial charge is 0.394 e. The molecule has 18 heteroatoms. The van der Waals surface area contributed by atoms with Crippen LogP contribution in [0.25, 0.3) is 0 Å². The topological polar surface area (TPSA) is 279 Å². The molecule has 0 saturated carbocycles. The lowest BCUT2D eigenvalue weighted by Crippen LogP contribution is -2.37. The van der Waals surface area contributed by atoms with Gasteiger partial charge in [-0.3, -0.25) is 28.7 Å². The van der Waals surface area contributed by atoms with E-state index in [0.717, 1.165) is 27.6 Å². The molecule has 2 fully saturated rings. The molecule has 4 heterocycles. The van der Waals surface area contributed by atoms with Gasteiger partial charge in [0.15, 0.2) is 18.1 Å². The second-order valence-electron chi connectivity index (χ2n) is 7.75. The highest BCUT2D eigenvalue weighted by atomic mass is 16.6. The smallest absolute Gasteiger partial charge is 0.330 e. The SMILES string of the molecule is O=Nc1cn([C@@H]2O[C@H](CO)[C@@H](O)[C@H]2O)c(=O)[nH]c1=O.O=c1ccn([C@@H]2O[C@H](CO)[C@@H](O)[C@H]2O)c(=O)[nH]1. The van der Waals surface area contributed by atoms with Crippen molar-refractivity contribution in [3.8, 4) is 0 Å². The van der Waals surface area contributed by atoms with E-state index in [9.17, 15) is 44.5 Å². The highest BCUT2D eigenvalue weighted by Gasteiger charge is 2.44. The molecule has 2 aliphatic rings. The predicted octanol–water partition coefficient (Wildman–Crippen LogP) is -5.31. The Morgan fingerprint density at radius 2 is 1.31 bits per heavy atom. The van der Waals surface area contributed by atoms with Gasteiger partial charge in [0.25, 0.3) is 11.1 Å². The monoisotopic (exact) mass is 517 g/mol. The summed E-state index contributed by atoms with van der Waals surface area (Å²) in [5, 5.41) is 58.7. The molecule has 0 amide bonds. The molecule has 8 atom stereocenters. The first-order valence-corrected chi connectivity index (χ1v) is 10.3. The van der Waals surface area contributed by atoms with E-state index in [1.807, 2.05) is 9.97 Å². The van der Waals surface area contributed by atoms with Crippen LogP contribution in [-0.4, -0.2) is 99.6 Å². The van der Waals surface area contributed by atoms with Crippen molar-refractivity contribution in [3.63, 3.8) is 0 Å². The number of aromatic amines is 2. The molecule has 0 aliphatic carbocycles. The standard InChI is InChI=1S/C9H11N3O7.C9H12N2O6/c13-2-4-5(14)6(15)8(19-4)12-1-3(11-18)7(16)10-9(12)17;12-3-4-6(14)7(15)8(17-4)11-2-1-5(13)10-9(11)16/h1,4-6,8,13-15H,2H2,(H,10,16,17);1-2,4,6-8,12,14-15H,3H2,(H,10,13,16)/t4-,5-,6-,8-;4-,6-,7-,8-/m11/s1. The normalized spacial score (nSPS) is 31.6. The van der Waals surface area contributed by atoms with Gasteiger partial charge in [0.2, 0.25) is 0 Å². The molecule has 0 spiro atoms. The molecule has 0 unspecified atom stereocenters. The summed E-state index contributed by atoms with van der Waals surface area (Å²) in [5.41, 5.74) is -3.81. The van der Waals surface area contributed by atoms with E-state index < -0.39 is 90.5 Å². The van der Waals surface area contributed by atoms with Crippen molar-refractivity contribution < 1.29 is 40.1 Å². The van der Waals surface area contributed by atoms with E-state index in [2.05, 4.69) is 5.18 Å². The molecule has 2 aromatic rings. The summed E-state index contributed by atoms with van der Waals surface area (Å²) in [6.45, 7) is -1.04. The molecule has 8 N–H and O–H groups in total. The quantitative estimate of drug-likeness (QED) is 0.172. The first kappa shape index (κ1) is 27.2. The van der Waals surface area contributed by atoms with Crippen molar-refractivity contribution in [1.29, 1.82) is 0 Å². The number of H-pyrrole nitrogens is 2. The Bertz CT molecular complexity index is 1300. The summed E-state index contributed by atoms with van der Waals surface area (Å²) < 4.78 is 11.9. The third-order valence-corrected chi connectivity index (χ3v) is 5.48. The van der Waals surface area contributed by atoms with Crippen LogP contribution in [0.15, 0.2) is 42.8 Å². The molecular formula is C18H23N5O13. The van der Waals surface area contributed by atoms with E-state index in [1.165, 1.54) is 0 Å². The highest BCUT2D eigenvalue weighted by molar-refractivity contribution is 5.29. The van der Waals surface area contributed by atoms with Gasteiger partial charge in [-0.25, -0.2) is 9.59 Å². The Hall–Kier alpha value is -3.36. The maximum Gasteiger partial charge on any atom is 0.330 e. The number of hydrogen-bond acceptors (Lipinski definition) is 14. The maximum absolute atomic E-state index is 11.6. The number of rotatable bonds is 5. The molecule has 36 heavy (non-hydrogen) atoms. The average molecular weight is 517 g/mol. The van der Waals surface area contributed by atoms with Gasteiger partial charge >= 0.3 is 11.4 Å². The van der Waals surface area contributed by atoms with Crippen LogP contribution in [0.2, 0.25) is 0 Å². The van der Waals surface area contributed by atoms with Crippen LogP contribution in [0.5, 0.6) is 0 Å². The summed E-state index contributed by atoms with van der Waals surface area (Å²) in [7, 11) is 0. The van der Waals surface area contributed by atoms with E-state index in [0.29, 0.717) is 0 Å². The second kappa shape index (κ2) is 11.1. The number of nitrogens with zero attached hydrogens (tertiary/aromatic N) is 3. The fourth-order valence-corrected chi connectivity index (χ4v) is 3.58. The number of ether oxygens (including phenoxy) is 2. The van der Waals surface area contributed by atoms with Crippen LogP contribution in [0.1, 0.15) is 12.5 Å². The Kier molecular flexibility index (Phi) is 8.43. The lowest BCUT2D eigenvalue weighted by molar-refractivity contribution is -0.0550. The summed E-state index contributed by atoms with van der Waals surface area (Å²) in [6.07, 6.45) is -8.08. The minimum Gasteiger partial charge on any atom is -0.394 e. The minimum atomic E-state index is -1.50. The van der Waals surface area contributed by atoms with Gasteiger partial charge in [-0.15, -0.1) is 4.91 Å². The second-order valence-corrected chi connectivity index (χ2v) is 7.75. The lowest BCUT2D eigenvalue weighted by atomic mass is 10.1. The van der Waals surface area contributed by atoms with Crippen molar-refractivity contribution >= 4 is 5.69 Å². The van der Waals surface area contributed by atoms with E-state index in [1.54, 1.807) is 0 Å². The Labute approximate surface area is 198 Å². The Morgan fingerprint density at radius 3 is 1.75 bits per heavy atom. The average Bonchev–Trinajstić information content (AvgIpc) is 3.29. The van der Waals surface area contributed by atoms with Crippen LogP contribution in [0, 0.1) is 4.91 Å². The van der Waals surface area contributed by atoms with Crippen molar-refractivity contribution in [2.24, 2.45) is 5.18 Å². The van der Waals surface area contributed by atoms with Gasteiger partial charge in [0.1, 0.15) is 36.6 Å². The molecule has 18 nitrogen and oxygen atoms in total. The Morgan fingerprint density at radius 1 is 0.806 bits per heavy atom. The van der Waals surface area contributed by atoms with Crippen LogP contribution in [-0.2, 0) is 9.47 Å². The van der Waals surface area contributed by atoms with Crippen LogP contribution in [0.4, 0.5) is 5.69 Å². The summed E-state index contributed by atoms with van der Waals surface area (Å²) >= 11 is 0. The number of aliphatic hydroxyl groups excluding tert-OH is 6. The third kappa shape index (κ3) is 5.24. The van der Waals surface area contributed by atoms with E-state index in [4.69, 9.17) is 19.7 Å². The molecule has 4 rings (SSSR count). The van der Waals surface area contributed by atoms with E-state index >= 15 is 0 Å². The number of nitrogens with one attached hydrogen (secondary N) is 2. The van der Waals surface area contributed by atoms with Crippen LogP contribution in [0.3, 0.4) is 0 Å². The summed E-state index contributed by atoms with van der Waals surface area (Å²) in [6, 6.07) is 1.09. The van der Waals surface area contributed by atoms with Crippen LogP contribution < -0.4 is 22.5 Å². The summed E-state index contributed by atoms with van der Waals surface area (Å²) in [4.78, 5) is 59.2. The van der Waals surface area contributed by atoms with Gasteiger partial charge in [-0.05, 0) is 5.18 Å². The van der Waals surface area contributed by atoms with Crippen molar-refractivity contribution in [2.75, 3.05) is 13.2 Å². The van der Waals surface area contributed by atoms with Gasteiger partial charge in [0.05, 0.1) is 13.2 Å². The highest BCUT2D eigenvalue weighted by Crippen LogP contribution is 2.29. The first-order valence-electron chi connectivity index (χ1n) is 10.3. The zero-order valence-corrected chi connectivity index (χ0v) is 18.1.